The number of hydrogen-bond acceptors (Lipinski definition) is 8. The summed E-state index contributed by atoms with van der Waals surface area (Å²) in [5.41, 5.74) is 0.459. The van der Waals surface area contributed by atoms with Crippen LogP contribution >= 0.6 is 22.9 Å². The maximum atomic E-state index is 12.3. The van der Waals surface area contributed by atoms with E-state index in [0.29, 0.717) is 45.9 Å². The van der Waals surface area contributed by atoms with E-state index in [2.05, 4.69) is 4.98 Å². The fourth-order valence-corrected chi connectivity index (χ4v) is 3.83. The van der Waals surface area contributed by atoms with Gasteiger partial charge >= 0.3 is 12.1 Å². The number of carbonyl (C=O) groups excluding carboxylic acids is 2. The first-order valence-corrected chi connectivity index (χ1v) is 10.9. The number of thiazole rings is 1. The molecule has 1 fully saturated rings. The highest BCUT2D eigenvalue weighted by atomic mass is 35.5. The van der Waals surface area contributed by atoms with Crippen LogP contribution < -0.4 is 4.74 Å². The van der Waals surface area contributed by atoms with E-state index in [1.165, 1.54) is 18.4 Å². The first kappa shape index (κ1) is 23.3. The van der Waals surface area contributed by atoms with Gasteiger partial charge in [0.05, 0.1) is 32.0 Å². The van der Waals surface area contributed by atoms with Gasteiger partial charge in [-0.25, -0.2) is 14.6 Å². The molecule has 1 aliphatic heterocycles. The zero-order valence-electron chi connectivity index (χ0n) is 17.8. The van der Waals surface area contributed by atoms with Gasteiger partial charge < -0.3 is 23.8 Å². The van der Waals surface area contributed by atoms with Gasteiger partial charge in [-0.2, -0.15) is 0 Å². The summed E-state index contributed by atoms with van der Waals surface area (Å²) < 4.78 is 22.5. The average Bonchev–Trinajstić information content (AvgIpc) is 3.17. The van der Waals surface area contributed by atoms with Crippen LogP contribution in [0.2, 0.25) is 4.34 Å². The Balaban J connectivity index is 1.70. The smallest absolute Gasteiger partial charge is 0.410 e. The lowest BCUT2D eigenvalue weighted by molar-refractivity contribution is -0.0557. The number of halogens is 1. The van der Waals surface area contributed by atoms with E-state index in [1.807, 2.05) is 20.8 Å². The predicted octanol–water partition coefficient (Wildman–Crippen LogP) is 4.26. The van der Waals surface area contributed by atoms with Gasteiger partial charge in [-0.1, -0.05) is 11.6 Å². The number of methoxy groups -OCH3 is 1. The van der Waals surface area contributed by atoms with Crippen molar-refractivity contribution in [3.63, 3.8) is 0 Å². The summed E-state index contributed by atoms with van der Waals surface area (Å²) in [6.45, 7) is 6.87. The van der Waals surface area contributed by atoms with Crippen LogP contribution in [0, 0.1) is 0 Å². The molecule has 10 heteroatoms. The van der Waals surface area contributed by atoms with E-state index >= 15 is 0 Å². The molecule has 1 aliphatic rings. The molecule has 2 heterocycles. The second-order valence-electron chi connectivity index (χ2n) is 7.94. The highest BCUT2D eigenvalue weighted by molar-refractivity contribution is 7.18. The van der Waals surface area contributed by atoms with Crippen LogP contribution in [0.15, 0.2) is 24.4 Å². The molecule has 8 nitrogen and oxygen atoms in total. The number of morpholine rings is 1. The molecule has 1 atom stereocenters. The Morgan fingerprint density at radius 2 is 2.10 bits per heavy atom. The Labute approximate surface area is 190 Å². The van der Waals surface area contributed by atoms with Crippen molar-refractivity contribution in [2.75, 3.05) is 33.4 Å². The lowest BCUT2D eigenvalue weighted by Crippen LogP contribution is -2.49. The predicted molar refractivity (Wildman–Crippen MR) is 117 cm³/mol. The van der Waals surface area contributed by atoms with Crippen LogP contribution in [-0.4, -0.2) is 67.1 Å². The molecule has 1 aromatic heterocycles. The topological polar surface area (TPSA) is 87.2 Å². The number of ether oxygens (including phenoxy) is 4. The number of aromatic nitrogens is 1. The summed E-state index contributed by atoms with van der Waals surface area (Å²) in [4.78, 5) is 30.3. The Hall–Kier alpha value is -2.36. The summed E-state index contributed by atoms with van der Waals surface area (Å²) in [6, 6.07) is 5.05. The van der Waals surface area contributed by atoms with Crippen molar-refractivity contribution in [1.82, 2.24) is 9.88 Å². The molecule has 0 aliphatic carbocycles. The van der Waals surface area contributed by atoms with E-state index < -0.39 is 11.6 Å². The van der Waals surface area contributed by atoms with Crippen molar-refractivity contribution in [2.45, 2.75) is 32.5 Å². The zero-order chi connectivity index (χ0) is 22.6. The summed E-state index contributed by atoms with van der Waals surface area (Å²) in [5.74, 6) is -0.0263. The molecule has 1 amide bonds. The van der Waals surface area contributed by atoms with E-state index in [1.54, 1.807) is 29.3 Å². The third-order valence-corrected chi connectivity index (χ3v) is 5.44. The third-order valence-electron chi connectivity index (χ3n) is 4.28. The van der Waals surface area contributed by atoms with Gasteiger partial charge in [-0.05, 0) is 39.0 Å². The first-order valence-electron chi connectivity index (χ1n) is 9.72. The van der Waals surface area contributed by atoms with Crippen molar-refractivity contribution >= 4 is 35.0 Å². The molecular formula is C21H25ClN2O6S. The maximum absolute atomic E-state index is 12.3. The molecule has 1 saturated heterocycles. The molecular weight excluding hydrogens is 444 g/mol. The number of nitrogens with zero attached hydrogens (tertiary/aromatic N) is 2. The highest BCUT2D eigenvalue weighted by Crippen LogP contribution is 2.32. The average molecular weight is 469 g/mol. The van der Waals surface area contributed by atoms with E-state index in [4.69, 9.17) is 30.5 Å². The zero-order valence-corrected chi connectivity index (χ0v) is 19.4. The van der Waals surface area contributed by atoms with Crippen LogP contribution in [0.1, 0.15) is 31.1 Å². The van der Waals surface area contributed by atoms with E-state index in [-0.39, 0.29) is 18.8 Å². The molecule has 2 aromatic rings. The van der Waals surface area contributed by atoms with Gasteiger partial charge in [0.25, 0.3) is 0 Å². The molecule has 0 radical (unpaired) electrons. The molecule has 0 bridgehead atoms. The SMILES string of the molecule is COC(=O)c1cc(OC[C@H]2CN(C(=O)OC(C)(C)C)CCO2)cc(-c2ncc(Cl)s2)c1. The normalized spacial score (nSPS) is 16.7. The summed E-state index contributed by atoms with van der Waals surface area (Å²) in [6.07, 6.45) is 0.839. The number of benzene rings is 1. The minimum absolute atomic E-state index is 0.196. The quantitative estimate of drug-likeness (QED) is 0.605. The Morgan fingerprint density at radius 1 is 1.32 bits per heavy atom. The Morgan fingerprint density at radius 3 is 2.74 bits per heavy atom. The number of esters is 1. The molecule has 0 unspecified atom stereocenters. The second kappa shape index (κ2) is 9.84. The van der Waals surface area contributed by atoms with Crippen LogP contribution in [0.5, 0.6) is 5.75 Å². The molecule has 168 valence electrons. The number of carbonyl (C=O) groups is 2. The highest BCUT2D eigenvalue weighted by Gasteiger charge is 2.28. The summed E-state index contributed by atoms with van der Waals surface area (Å²) >= 11 is 7.29. The number of amides is 1. The molecule has 3 rings (SSSR count). The monoisotopic (exact) mass is 468 g/mol. The van der Waals surface area contributed by atoms with Crippen molar-refractivity contribution in [3.05, 3.63) is 34.3 Å². The lowest BCUT2D eigenvalue weighted by atomic mass is 10.1. The van der Waals surface area contributed by atoms with Crippen LogP contribution in [0.3, 0.4) is 0 Å². The summed E-state index contributed by atoms with van der Waals surface area (Å²) in [5, 5.41) is 0.658. The minimum Gasteiger partial charge on any atom is -0.491 e. The van der Waals surface area contributed by atoms with Gasteiger partial charge in [0.1, 0.15) is 33.4 Å². The fraction of sp³-hybridized carbons (Fsp3) is 0.476. The minimum atomic E-state index is -0.565. The van der Waals surface area contributed by atoms with Gasteiger partial charge in [-0.15, -0.1) is 11.3 Å². The van der Waals surface area contributed by atoms with Crippen molar-refractivity contribution in [3.8, 4) is 16.3 Å². The van der Waals surface area contributed by atoms with Crippen molar-refractivity contribution in [1.29, 1.82) is 0 Å². The van der Waals surface area contributed by atoms with Crippen LogP contribution in [0.4, 0.5) is 4.79 Å². The van der Waals surface area contributed by atoms with Crippen LogP contribution in [-0.2, 0) is 14.2 Å². The summed E-state index contributed by atoms with van der Waals surface area (Å²) in [7, 11) is 1.32. The Kier molecular flexibility index (Phi) is 7.40. The molecule has 0 spiro atoms. The van der Waals surface area contributed by atoms with E-state index in [0.717, 1.165) is 0 Å². The van der Waals surface area contributed by atoms with Crippen molar-refractivity contribution < 1.29 is 28.5 Å². The van der Waals surface area contributed by atoms with Crippen molar-refractivity contribution in [2.24, 2.45) is 0 Å². The van der Waals surface area contributed by atoms with Gasteiger partial charge in [-0.3, -0.25) is 0 Å². The largest absolute Gasteiger partial charge is 0.491 e. The standard InChI is InChI=1S/C21H25ClN2O6S/c1-21(2,3)30-20(26)24-5-6-28-16(11-24)12-29-15-8-13(18-23-10-17(22)31-18)7-14(9-15)19(25)27-4/h7-10,16H,5-6,11-12H2,1-4H3/t16-/m1/s1. The second-order valence-corrected chi connectivity index (χ2v) is 9.60. The molecule has 0 saturated carbocycles. The third kappa shape index (κ3) is 6.56. The number of rotatable bonds is 5. The Bertz CT molecular complexity index is 942. The molecule has 1 aromatic carbocycles. The lowest BCUT2D eigenvalue weighted by Gasteiger charge is -2.34. The fourth-order valence-electron chi connectivity index (χ4n) is 2.93. The first-order chi connectivity index (χ1) is 14.6. The molecule has 31 heavy (non-hydrogen) atoms. The van der Waals surface area contributed by atoms with Gasteiger partial charge in [0, 0.05) is 12.1 Å². The van der Waals surface area contributed by atoms with Gasteiger partial charge in [0.15, 0.2) is 0 Å². The molecule has 0 N–H and O–H groups in total. The van der Waals surface area contributed by atoms with E-state index in [9.17, 15) is 9.59 Å². The maximum Gasteiger partial charge on any atom is 0.410 e. The van der Waals surface area contributed by atoms with Gasteiger partial charge in [0.2, 0.25) is 0 Å². The number of hydrogen-bond donors (Lipinski definition) is 0. The van der Waals surface area contributed by atoms with Crippen LogP contribution in [0.25, 0.3) is 10.6 Å².